The quantitative estimate of drug-likeness (QED) is 0.814. The molecule has 24 heavy (non-hydrogen) atoms. The van der Waals surface area contributed by atoms with Crippen LogP contribution in [0.3, 0.4) is 0 Å². The van der Waals surface area contributed by atoms with Gasteiger partial charge in [0.15, 0.2) is 0 Å². The number of nitrogens with one attached hydrogen (secondary N) is 2. The minimum Gasteiger partial charge on any atom is -0.344 e. The molecule has 2 aromatic rings. The molecular weight excluding hydrogens is 304 g/mol. The molecule has 1 heterocycles. The lowest BCUT2D eigenvalue weighted by molar-refractivity contribution is -0.125. The largest absolute Gasteiger partial charge is 0.344 e. The van der Waals surface area contributed by atoms with E-state index in [0.29, 0.717) is 18.4 Å². The molecule has 2 amide bonds. The summed E-state index contributed by atoms with van der Waals surface area (Å²) in [7, 11) is 0. The third kappa shape index (κ3) is 3.51. The van der Waals surface area contributed by atoms with Crippen LogP contribution in [-0.2, 0) is 22.4 Å². The maximum Gasteiger partial charge on any atom is 0.252 e. The van der Waals surface area contributed by atoms with E-state index in [1.165, 1.54) is 0 Å². The summed E-state index contributed by atoms with van der Waals surface area (Å²) in [5.74, 6) is -0.603. The summed E-state index contributed by atoms with van der Waals surface area (Å²) >= 11 is 0. The molecule has 2 N–H and O–H groups in total. The lowest BCUT2D eigenvalue weighted by Crippen LogP contribution is -2.53. The van der Waals surface area contributed by atoms with Crippen molar-refractivity contribution in [2.45, 2.75) is 24.9 Å². The van der Waals surface area contributed by atoms with Crippen LogP contribution < -0.4 is 10.6 Å². The topological polar surface area (TPSA) is 75.3 Å². The molecule has 0 saturated carbocycles. The van der Waals surface area contributed by atoms with Crippen LogP contribution in [0.2, 0.25) is 0 Å². The van der Waals surface area contributed by atoms with E-state index in [0.717, 1.165) is 17.4 Å². The Morgan fingerprint density at radius 2 is 1.88 bits per heavy atom. The van der Waals surface area contributed by atoms with Gasteiger partial charge in [-0.1, -0.05) is 48.5 Å². The van der Waals surface area contributed by atoms with Crippen molar-refractivity contribution in [1.82, 2.24) is 10.6 Å². The molecule has 1 unspecified atom stereocenters. The zero-order valence-corrected chi connectivity index (χ0v) is 13.1. The molecule has 0 fully saturated rings. The van der Waals surface area contributed by atoms with E-state index >= 15 is 0 Å². The molecule has 122 valence electrons. The molecule has 1 aliphatic heterocycles. The predicted octanol–water partition coefficient (Wildman–Crippen LogP) is 1.27. The third-order valence-corrected chi connectivity index (χ3v) is 4.10. The second-order valence-electron chi connectivity index (χ2n) is 5.83. The van der Waals surface area contributed by atoms with Crippen LogP contribution in [0.1, 0.15) is 21.5 Å². The van der Waals surface area contributed by atoms with E-state index in [4.69, 9.17) is 0 Å². The van der Waals surface area contributed by atoms with E-state index in [1.54, 1.807) is 12.1 Å². The standard InChI is InChI=1S/C19H18N2O3/c22-12-15(10-13-6-2-1-3-7-13)20-19(24)17-11-14-8-4-5-9-16(14)18(23)21-17/h1-9,12,15,17H,10-11H2,(H,20,24)(H,21,23)/t15-,17?/m0/s1. The molecule has 3 rings (SSSR count). The third-order valence-electron chi connectivity index (χ3n) is 4.10. The Morgan fingerprint density at radius 3 is 2.62 bits per heavy atom. The number of benzene rings is 2. The maximum absolute atomic E-state index is 12.4. The number of carbonyl (C=O) groups is 3. The fourth-order valence-corrected chi connectivity index (χ4v) is 2.87. The van der Waals surface area contributed by atoms with Gasteiger partial charge < -0.3 is 15.4 Å². The molecule has 5 nitrogen and oxygen atoms in total. The molecular formula is C19H18N2O3. The van der Waals surface area contributed by atoms with Crippen molar-refractivity contribution in [1.29, 1.82) is 0 Å². The smallest absolute Gasteiger partial charge is 0.252 e. The summed E-state index contributed by atoms with van der Waals surface area (Å²) in [5, 5.41) is 5.41. The van der Waals surface area contributed by atoms with Gasteiger partial charge in [0.1, 0.15) is 12.3 Å². The summed E-state index contributed by atoms with van der Waals surface area (Å²) in [6.07, 6.45) is 1.57. The maximum atomic E-state index is 12.4. The van der Waals surface area contributed by atoms with Crippen LogP contribution in [-0.4, -0.2) is 30.2 Å². The number of hydrogen-bond donors (Lipinski definition) is 2. The highest BCUT2D eigenvalue weighted by atomic mass is 16.2. The van der Waals surface area contributed by atoms with Gasteiger partial charge in [-0.25, -0.2) is 0 Å². The first-order valence-corrected chi connectivity index (χ1v) is 7.85. The van der Waals surface area contributed by atoms with Gasteiger partial charge in [-0.15, -0.1) is 0 Å². The SMILES string of the molecule is O=C[C@H](Cc1ccccc1)NC(=O)C1Cc2ccccc2C(=O)N1. The van der Waals surface area contributed by atoms with Crippen molar-refractivity contribution < 1.29 is 14.4 Å². The second kappa shape index (κ2) is 7.08. The number of aldehydes is 1. The molecule has 1 aliphatic rings. The number of fused-ring (bicyclic) bond motifs is 1. The summed E-state index contributed by atoms with van der Waals surface area (Å²) in [4.78, 5) is 35.8. The van der Waals surface area contributed by atoms with Crippen LogP contribution in [0.5, 0.6) is 0 Å². The van der Waals surface area contributed by atoms with Gasteiger partial charge in [0, 0.05) is 12.0 Å². The van der Waals surface area contributed by atoms with Crippen molar-refractivity contribution >= 4 is 18.1 Å². The summed E-state index contributed by atoms with van der Waals surface area (Å²) in [5.41, 5.74) is 2.40. The highest BCUT2D eigenvalue weighted by Crippen LogP contribution is 2.16. The van der Waals surface area contributed by atoms with Gasteiger partial charge in [-0.3, -0.25) is 9.59 Å². The number of hydrogen-bond acceptors (Lipinski definition) is 3. The monoisotopic (exact) mass is 322 g/mol. The van der Waals surface area contributed by atoms with Crippen molar-refractivity contribution in [3.05, 3.63) is 71.3 Å². The fraction of sp³-hybridized carbons (Fsp3) is 0.211. The predicted molar refractivity (Wildman–Crippen MR) is 89.5 cm³/mol. The Balaban J connectivity index is 1.66. The van der Waals surface area contributed by atoms with Crippen LogP contribution >= 0.6 is 0 Å². The van der Waals surface area contributed by atoms with E-state index in [9.17, 15) is 14.4 Å². The van der Waals surface area contributed by atoms with Crippen molar-refractivity contribution in [3.8, 4) is 0 Å². The van der Waals surface area contributed by atoms with Crippen molar-refractivity contribution in [2.75, 3.05) is 0 Å². The summed E-state index contributed by atoms with van der Waals surface area (Å²) < 4.78 is 0. The zero-order chi connectivity index (χ0) is 16.9. The van der Waals surface area contributed by atoms with Crippen molar-refractivity contribution in [2.24, 2.45) is 0 Å². The van der Waals surface area contributed by atoms with Crippen molar-refractivity contribution in [3.63, 3.8) is 0 Å². The summed E-state index contributed by atoms with van der Waals surface area (Å²) in [6.45, 7) is 0. The summed E-state index contributed by atoms with van der Waals surface area (Å²) in [6, 6.07) is 15.4. The number of amides is 2. The van der Waals surface area contributed by atoms with Crippen LogP contribution in [0.25, 0.3) is 0 Å². The minimum absolute atomic E-state index is 0.261. The Morgan fingerprint density at radius 1 is 1.17 bits per heavy atom. The Labute approximate surface area is 140 Å². The Kier molecular flexibility index (Phi) is 4.70. The normalized spacial score (nSPS) is 17.3. The van der Waals surface area contributed by atoms with Gasteiger partial charge in [-0.2, -0.15) is 0 Å². The van der Waals surface area contributed by atoms with Gasteiger partial charge >= 0.3 is 0 Å². The van der Waals surface area contributed by atoms with Crippen LogP contribution in [0.4, 0.5) is 0 Å². The highest BCUT2D eigenvalue weighted by molar-refractivity contribution is 6.01. The highest BCUT2D eigenvalue weighted by Gasteiger charge is 2.29. The Hall–Kier alpha value is -2.95. The molecule has 5 heteroatoms. The average molecular weight is 322 g/mol. The lowest BCUT2D eigenvalue weighted by atomic mass is 9.94. The molecule has 0 spiro atoms. The zero-order valence-electron chi connectivity index (χ0n) is 13.1. The van der Waals surface area contributed by atoms with Gasteiger partial charge in [0.25, 0.3) is 5.91 Å². The van der Waals surface area contributed by atoms with E-state index in [-0.39, 0.29) is 11.8 Å². The fourth-order valence-electron chi connectivity index (χ4n) is 2.87. The van der Waals surface area contributed by atoms with Crippen LogP contribution in [0, 0.1) is 0 Å². The van der Waals surface area contributed by atoms with Gasteiger partial charge in [0.05, 0.1) is 6.04 Å². The minimum atomic E-state index is -0.661. The average Bonchev–Trinajstić information content (AvgIpc) is 2.62. The van der Waals surface area contributed by atoms with Gasteiger partial charge in [-0.05, 0) is 23.6 Å². The lowest BCUT2D eigenvalue weighted by Gasteiger charge is -2.26. The first-order valence-electron chi connectivity index (χ1n) is 7.85. The first-order chi connectivity index (χ1) is 11.7. The second-order valence-corrected chi connectivity index (χ2v) is 5.83. The molecule has 0 bridgehead atoms. The molecule has 2 aromatic carbocycles. The van der Waals surface area contributed by atoms with E-state index in [2.05, 4.69) is 10.6 Å². The Bertz CT molecular complexity index is 758. The number of carbonyl (C=O) groups excluding carboxylic acids is 3. The first kappa shape index (κ1) is 15.9. The molecule has 2 atom stereocenters. The van der Waals surface area contributed by atoms with E-state index in [1.807, 2.05) is 42.5 Å². The van der Waals surface area contributed by atoms with Crippen LogP contribution in [0.15, 0.2) is 54.6 Å². The van der Waals surface area contributed by atoms with Gasteiger partial charge in [0.2, 0.25) is 5.91 Å². The van der Waals surface area contributed by atoms with E-state index < -0.39 is 12.1 Å². The molecule has 0 aliphatic carbocycles. The number of rotatable bonds is 5. The molecule has 0 radical (unpaired) electrons. The molecule has 0 aromatic heterocycles. The molecule has 0 saturated heterocycles.